The number of hydrogen-bond donors (Lipinski definition) is 1. The third-order valence-electron chi connectivity index (χ3n) is 4.63. The number of alkyl carbamates (subject to hydrolysis) is 1. The summed E-state index contributed by atoms with van der Waals surface area (Å²) in [4.78, 5) is 30.9. The summed E-state index contributed by atoms with van der Waals surface area (Å²) in [5.41, 5.74) is 0.374. The van der Waals surface area contributed by atoms with Crippen molar-refractivity contribution >= 4 is 23.3 Å². The van der Waals surface area contributed by atoms with Crippen LogP contribution in [0, 0.1) is 0 Å². The summed E-state index contributed by atoms with van der Waals surface area (Å²) < 4.78 is 10.6. The molecule has 2 amide bonds. The average molecular weight is 421 g/mol. The minimum absolute atomic E-state index is 0.0205. The molecule has 158 valence electrons. The Morgan fingerprint density at radius 2 is 2.21 bits per heavy atom. The maximum Gasteiger partial charge on any atom is 0.407 e. The monoisotopic (exact) mass is 420 g/mol. The topological polar surface area (TPSA) is 97.6 Å². The number of piperidine rings is 1. The molecule has 8 nitrogen and oxygen atoms in total. The highest BCUT2D eigenvalue weighted by atomic mass is 32.1. The van der Waals surface area contributed by atoms with Crippen molar-refractivity contribution in [3.63, 3.8) is 0 Å². The molecule has 2 aromatic rings. The van der Waals surface area contributed by atoms with Gasteiger partial charge >= 0.3 is 6.09 Å². The van der Waals surface area contributed by atoms with Crippen molar-refractivity contribution < 1.29 is 18.8 Å². The van der Waals surface area contributed by atoms with Crippen LogP contribution in [0.5, 0.6) is 0 Å². The average Bonchev–Trinajstić information content (AvgIpc) is 3.34. The van der Waals surface area contributed by atoms with Crippen LogP contribution >= 0.6 is 11.3 Å². The highest BCUT2D eigenvalue weighted by Crippen LogP contribution is 2.21. The lowest BCUT2D eigenvalue weighted by Gasteiger charge is -2.36. The molecule has 3 rings (SSSR count). The lowest BCUT2D eigenvalue weighted by atomic mass is 10.0. The highest BCUT2D eigenvalue weighted by Gasteiger charge is 2.28. The Balaban J connectivity index is 1.51. The SMILES string of the molecule is CC(C)(C)OC(=O)NCC1CCCCN1C(=O)CCc1nc(-c2ccsc2)no1. The molecular formula is C20H28N4O4S. The molecule has 2 aromatic heterocycles. The Morgan fingerprint density at radius 3 is 2.93 bits per heavy atom. The number of thiophene rings is 1. The number of rotatable bonds is 6. The summed E-state index contributed by atoms with van der Waals surface area (Å²) in [7, 11) is 0. The summed E-state index contributed by atoms with van der Waals surface area (Å²) in [5, 5.41) is 10.7. The number of amides is 2. The van der Waals surface area contributed by atoms with Gasteiger partial charge in [-0.2, -0.15) is 16.3 Å². The summed E-state index contributed by atoms with van der Waals surface area (Å²) in [6.45, 7) is 6.56. The van der Waals surface area contributed by atoms with E-state index in [1.165, 1.54) is 0 Å². The van der Waals surface area contributed by atoms with Gasteiger partial charge in [0, 0.05) is 42.9 Å². The van der Waals surface area contributed by atoms with E-state index in [2.05, 4.69) is 15.5 Å². The van der Waals surface area contributed by atoms with Gasteiger partial charge < -0.3 is 19.5 Å². The zero-order valence-corrected chi connectivity index (χ0v) is 18.0. The number of aryl methyl sites for hydroxylation is 1. The van der Waals surface area contributed by atoms with Gasteiger partial charge in [0.25, 0.3) is 0 Å². The molecule has 3 heterocycles. The summed E-state index contributed by atoms with van der Waals surface area (Å²) in [6, 6.07) is 1.91. The van der Waals surface area contributed by atoms with Crippen molar-refractivity contribution in [3.05, 3.63) is 22.7 Å². The van der Waals surface area contributed by atoms with Crippen LogP contribution in [0.15, 0.2) is 21.3 Å². The summed E-state index contributed by atoms with van der Waals surface area (Å²) in [6.07, 6.45) is 3.12. The van der Waals surface area contributed by atoms with Crippen molar-refractivity contribution in [1.82, 2.24) is 20.4 Å². The van der Waals surface area contributed by atoms with E-state index in [9.17, 15) is 9.59 Å². The number of nitrogens with zero attached hydrogens (tertiary/aromatic N) is 3. The Morgan fingerprint density at radius 1 is 1.38 bits per heavy atom. The van der Waals surface area contributed by atoms with Gasteiger partial charge in [-0.05, 0) is 51.5 Å². The molecule has 0 saturated carbocycles. The minimum Gasteiger partial charge on any atom is -0.444 e. The number of hydrogen-bond acceptors (Lipinski definition) is 7. The molecule has 0 aliphatic carbocycles. The summed E-state index contributed by atoms with van der Waals surface area (Å²) in [5.74, 6) is 1.04. The third-order valence-corrected chi connectivity index (χ3v) is 5.31. The van der Waals surface area contributed by atoms with Crippen LogP contribution in [0.3, 0.4) is 0 Å². The van der Waals surface area contributed by atoms with Crippen molar-refractivity contribution in [2.75, 3.05) is 13.1 Å². The Labute approximate surface area is 174 Å². The summed E-state index contributed by atoms with van der Waals surface area (Å²) >= 11 is 1.57. The Hall–Kier alpha value is -2.42. The van der Waals surface area contributed by atoms with Crippen molar-refractivity contribution in [1.29, 1.82) is 0 Å². The van der Waals surface area contributed by atoms with E-state index in [1.54, 1.807) is 11.3 Å². The van der Waals surface area contributed by atoms with Gasteiger partial charge in [0.1, 0.15) is 5.60 Å². The van der Waals surface area contributed by atoms with E-state index in [0.717, 1.165) is 24.8 Å². The predicted octanol–water partition coefficient (Wildman–Crippen LogP) is 3.64. The van der Waals surface area contributed by atoms with Gasteiger partial charge in [-0.1, -0.05) is 5.16 Å². The minimum atomic E-state index is -0.544. The molecule has 1 fully saturated rings. The largest absolute Gasteiger partial charge is 0.444 e. The van der Waals surface area contributed by atoms with Crippen LogP contribution in [0.2, 0.25) is 0 Å². The second-order valence-electron chi connectivity index (χ2n) is 8.14. The number of aromatic nitrogens is 2. The highest BCUT2D eigenvalue weighted by molar-refractivity contribution is 7.08. The molecule has 1 unspecified atom stereocenters. The van der Waals surface area contributed by atoms with Crippen LogP contribution in [0.4, 0.5) is 4.79 Å². The zero-order chi connectivity index (χ0) is 20.9. The van der Waals surface area contributed by atoms with Crippen molar-refractivity contribution in [3.8, 4) is 11.4 Å². The number of nitrogens with one attached hydrogen (secondary N) is 1. The Kier molecular flexibility index (Phi) is 6.89. The number of carbonyl (C=O) groups excluding carboxylic acids is 2. The predicted molar refractivity (Wildman–Crippen MR) is 110 cm³/mol. The fraction of sp³-hybridized carbons (Fsp3) is 0.600. The molecule has 1 atom stereocenters. The molecule has 1 saturated heterocycles. The second kappa shape index (κ2) is 9.39. The van der Waals surface area contributed by atoms with Gasteiger partial charge in [-0.25, -0.2) is 4.79 Å². The van der Waals surface area contributed by atoms with E-state index in [-0.39, 0.29) is 11.9 Å². The first-order valence-corrected chi connectivity index (χ1v) is 10.9. The zero-order valence-electron chi connectivity index (χ0n) is 17.1. The van der Waals surface area contributed by atoms with E-state index in [0.29, 0.717) is 37.6 Å². The first-order chi connectivity index (χ1) is 13.8. The fourth-order valence-corrected chi connectivity index (χ4v) is 3.91. The molecule has 1 aliphatic rings. The number of carbonyl (C=O) groups is 2. The van der Waals surface area contributed by atoms with Crippen LogP contribution < -0.4 is 5.32 Å². The molecular weight excluding hydrogens is 392 g/mol. The van der Waals surface area contributed by atoms with Gasteiger partial charge in [0.2, 0.25) is 17.6 Å². The lowest BCUT2D eigenvalue weighted by molar-refractivity contribution is -0.134. The van der Waals surface area contributed by atoms with E-state index < -0.39 is 11.7 Å². The standard InChI is InChI=1S/C20H28N4O4S/c1-20(2,3)27-19(26)21-12-15-6-4-5-10-24(15)17(25)8-7-16-22-18(23-28-16)14-9-11-29-13-14/h9,11,13,15H,4-8,10,12H2,1-3H3,(H,21,26). The fourth-order valence-electron chi connectivity index (χ4n) is 3.28. The molecule has 0 aromatic carbocycles. The van der Waals surface area contributed by atoms with Crippen LogP contribution in [-0.2, 0) is 16.0 Å². The van der Waals surface area contributed by atoms with Gasteiger partial charge in [-0.3, -0.25) is 4.79 Å². The lowest BCUT2D eigenvalue weighted by Crippen LogP contribution is -2.50. The third kappa shape index (κ3) is 6.28. The molecule has 0 bridgehead atoms. The second-order valence-corrected chi connectivity index (χ2v) is 8.92. The number of ether oxygens (including phenoxy) is 1. The van der Waals surface area contributed by atoms with Crippen LogP contribution in [0.25, 0.3) is 11.4 Å². The first kappa shape index (κ1) is 21.3. The maximum atomic E-state index is 12.8. The normalized spacial score (nSPS) is 17.2. The molecule has 9 heteroatoms. The van der Waals surface area contributed by atoms with Gasteiger partial charge in [0.05, 0.1) is 0 Å². The maximum absolute atomic E-state index is 12.8. The smallest absolute Gasteiger partial charge is 0.407 e. The first-order valence-electron chi connectivity index (χ1n) is 9.93. The van der Waals surface area contributed by atoms with Crippen molar-refractivity contribution in [2.45, 2.75) is 64.5 Å². The van der Waals surface area contributed by atoms with Crippen LogP contribution in [-0.4, -0.2) is 51.8 Å². The Bertz CT molecular complexity index is 813. The molecule has 1 N–H and O–H groups in total. The van der Waals surface area contributed by atoms with E-state index >= 15 is 0 Å². The molecule has 0 radical (unpaired) electrons. The van der Waals surface area contributed by atoms with E-state index in [1.807, 2.05) is 42.5 Å². The molecule has 29 heavy (non-hydrogen) atoms. The number of likely N-dealkylation sites (tertiary alicyclic amines) is 1. The van der Waals surface area contributed by atoms with Crippen molar-refractivity contribution in [2.24, 2.45) is 0 Å². The van der Waals surface area contributed by atoms with Gasteiger partial charge in [0.15, 0.2) is 0 Å². The molecule has 1 aliphatic heterocycles. The quantitative estimate of drug-likeness (QED) is 0.766. The van der Waals surface area contributed by atoms with Gasteiger partial charge in [-0.15, -0.1) is 0 Å². The van der Waals surface area contributed by atoms with Crippen LogP contribution in [0.1, 0.15) is 52.3 Å². The van der Waals surface area contributed by atoms with E-state index in [4.69, 9.17) is 9.26 Å². The molecule has 0 spiro atoms.